The lowest BCUT2D eigenvalue weighted by molar-refractivity contribution is -0.141. The quantitative estimate of drug-likeness (QED) is 0.324. The molecule has 0 aliphatic carbocycles. The number of alkyl halides is 3. The van der Waals surface area contributed by atoms with Crippen molar-refractivity contribution in [2.24, 2.45) is 5.92 Å². The van der Waals surface area contributed by atoms with Crippen LogP contribution in [0.4, 0.5) is 17.6 Å². The fourth-order valence-corrected chi connectivity index (χ4v) is 4.83. The molecule has 0 aromatic heterocycles. The zero-order valence-corrected chi connectivity index (χ0v) is 21.5. The van der Waals surface area contributed by atoms with E-state index in [0.29, 0.717) is 43.2 Å². The number of fused-ring (bicyclic) bond motifs is 1. The van der Waals surface area contributed by atoms with Crippen molar-refractivity contribution in [2.45, 2.75) is 19.2 Å². The topological polar surface area (TPSA) is 59.0 Å². The summed E-state index contributed by atoms with van der Waals surface area (Å²) >= 11 is 0. The molecule has 1 fully saturated rings. The van der Waals surface area contributed by atoms with Gasteiger partial charge in [0.05, 0.1) is 11.5 Å². The van der Waals surface area contributed by atoms with Gasteiger partial charge in [0.25, 0.3) is 0 Å². The number of carboxylic acid groups (broad SMARTS) is 1. The number of hydrogen-bond acceptors (Lipinski definition) is 4. The second-order valence-corrected chi connectivity index (χ2v) is 9.50. The van der Waals surface area contributed by atoms with Gasteiger partial charge < -0.3 is 14.6 Å². The maximum absolute atomic E-state index is 14.2. The Bertz CT molecular complexity index is 1390. The van der Waals surface area contributed by atoms with E-state index in [9.17, 15) is 27.5 Å². The summed E-state index contributed by atoms with van der Waals surface area (Å²) in [7, 11) is 0. The Balaban J connectivity index is 0.00000353. The van der Waals surface area contributed by atoms with Gasteiger partial charge in [0, 0.05) is 30.3 Å². The molecular formula is C29H26ClF4NO4. The van der Waals surface area contributed by atoms with Gasteiger partial charge in [0.1, 0.15) is 30.5 Å². The number of benzene rings is 3. The minimum absolute atomic E-state index is 0. The summed E-state index contributed by atoms with van der Waals surface area (Å²) < 4.78 is 67.2. The zero-order chi connectivity index (χ0) is 26.9. The highest BCUT2D eigenvalue weighted by Gasteiger charge is 2.34. The molecule has 3 aromatic rings. The van der Waals surface area contributed by atoms with Crippen LogP contribution in [0.25, 0.3) is 17.2 Å². The molecule has 0 radical (unpaired) electrons. The first-order valence-corrected chi connectivity index (χ1v) is 12.2. The molecule has 5 rings (SSSR count). The van der Waals surface area contributed by atoms with Crippen LogP contribution in [-0.4, -0.2) is 42.2 Å². The molecule has 2 heterocycles. The summed E-state index contributed by atoms with van der Waals surface area (Å²) in [5.41, 5.74) is 0.911. The molecule has 1 unspecified atom stereocenters. The molecule has 5 nitrogen and oxygen atoms in total. The third-order valence-corrected chi connectivity index (χ3v) is 6.76. The first-order chi connectivity index (χ1) is 18.2. The highest BCUT2D eigenvalue weighted by atomic mass is 35.5. The largest absolute Gasteiger partial charge is 0.489 e. The van der Waals surface area contributed by atoms with Crippen molar-refractivity contribution in [2.75, 3.05) is 26.2 Å². The van der Waals surface area contributed by atoms with E-state index in [1.54, 1.807) is 12.1 Å². The Kier molecular flexibility index (Phi) is 8.51. The van der Waals surface area contributed by atoms with Crippen LogP contribution in [-0.2, 0) is 17.6 Å². The van der Waals surface area contributed by atoms with Crippen LogP contribution in [0, 0.1) is 11.7 Å². The molecule has 10 heteroatoms. The van der Waals surface area contributed by atoms with E-state index in [4.69, 9.17) is 9.47 Å². The molecule has 3 aromatic carbocycles. The van der Waals surface area contributed by atoms with Gasteiger partial charge >= 0.3 is 12.1 Å². The van der Waals surface area contributed by atoms with Gasteiger partial charge in [-0.05, 0) is 60.0 Å². The summed E-state index contributed by atoms with van der Waals surface area (Å²) in [6.07, 6.45) is -2.02. The summed E-state index contributed by atoms with van der Waals surface area (Å²) in [5, 5.41) is 9.19. The van der Waals surface area contributed by atoms with Crippen molar-refractivity contribution in [3.8, 4) is 22.6 Å². The molecule has 0 spiro atoms. The number of halogens is 5. The van der Waals surface area contributed by atoms with Crippen molar-refractivity contribution in [1.29, 1.82) is 0 Å². The average Bonchev–Trinajstić information content (AvgIpc) is 3.36. The number of likely N-dealkylation sites (tertiary alicyclic amines) is 1. The molecule has 39 heavy (non-hydrogen) atoms. The summed E-state index contributed by atoms with van der Waals surface area (Å²) in [5.74, 6) is -0.791. The summed E-state index contributed by atoms with van der Waals surface area (Å²) in [4.78, 5) is 13.3. The Labute approximate surface area is 229 Å². The van der Waals surface area contributed by atoms with E-state index in [1.807, 2.05) is 12.1 Å². The van der Waals surface area contributed by atoms with E-state index < -0.39 is 23.5 Å². The molecule has 0 saturated carbocycles. The number of aliphatic carboxylic acids is 1. The van der Waals surface area contributed by atoms with Crippen LogP contribution in [0.2, 0.25) is 0 Å². The van der Waals surface area contributed by atoms with Gasteiger partial charge in [-0.3, -0.25) is 9.69 Å². The fraction of sp³-hybridized carbons (Fsp3) is 0.276. The lowest BCUT2D eigenvalue weighted by Crippen LogP contribution is -2.27. The third-order valence-electron chi connectivity index (χ3n) is 6.76. The minimum Gasteiger partial charge on any atom is -0.489 e. The maximum Gasteiger partial charge on any atom is 0.417 e. The van der Waals surface area contributed by atoms with E-state index in [-0.39, 0.29) is 36.1 Å². The Morgan fingerprint density at radius 3 is 2.59 bits per heavy atom. The Hall–Kier alpha value is -3.56. The molecule has 2 aliphatic rings. The molecule has 1 saturated heterocycles. The molecule has 0 amide bonds. The lowest BCUT2D eigenvalue weighted by Gasteiger charge is -2.23. The average molecular weight is 564 g/mol. The van der Waals surface area contributed by atoms with Gasteiger partial charge in [-0.25, -0.2) is 4.39 Å². The molecular weight excluding hydrogens is 538 g/mol. The second kappa shape index (κ2) is 11.7. The highest BCUT2D eigenvalue weighted by molar-refractivity contribution is 5.85. The second-order valence-electron chi connectivity index (χ2n) is 9.50. The van der Waals surface area contributed by atoms with Crippen molar-refractivity contribution in [3.63, 3.8) is 0 Å². The number of carbonyl (C=O) groups is 1. The fourth-order valence-electron chi connectivity index (χ4n) is 4.83. The van der Waals surface area contributed by atoms with Crippen molar-refractivity contribution >= 4 is 24.5 Å². The lowest BCUT2D eigenvalue weighted by atomic mass is 9.97. The van der Waals surface area contributed by atoms with Crippen molar-refractivity contribution < 1.29 is 36.9 Å². The van der Waals surface area contributed by atoms with Gasteiger partial charge in [-0.15, -0.1) is 12.4 Å². The third kappa shape index (κ3) is 6.54. The predicted molar refractivity (Wildman–Crippen MR) is 141 cm³/mol. The zero-order valence-electron chi connectivity index (χ0n) is 20.7. The Morgan fingerprint density at radius 1 is 1.08 bits per heavy atom. The van der Waals surface area contributed by atoms with Crippen LogP contribution >= 0.6 is 12.4 Å². The van der Waals surface area contributed by atoms with Gasteiger partial charge in [0.2, 0.25) is 0 Å². The van der Waals surface area contributed by atoms with Crippen LogP contribution in [0.15, 0.2) is 66.2 Å². The van der Waals surface area contributed by atoms with E-state index in [2.05, 4.69) is 4.90 Å². The number of hydrogen-bond donors (Lipinski definition) is 1. The Morgan fingerprint density at radius 2 is 1.87 bits per heavy atom. The normalized spacial score (nSPS) is 17.0. The van der Waals surface area contributed by atoms with Crippen LogP contribution < -0.4 is 9.47 Å². The van der Waals surface area contributed by atoms with E-state index in [1.165, 1.54) is 30.3 Å². The molecule has 206 valence electrons. The first-order valence-electron chi connectivity index (χ1n) is 12.2. The number of ether oxygens (including phenoxy) is 2. The maximum atomic E-state index is 14.2. The number of rotatable bonds is 7. The van der Waals surface area contributed by atoms with E-state index in [0.717, 1.165) is 29.8 Å². The number of carboxylic acids is 1. The molecule has 2 aliphatic heterocycles. The highest BCUT2D eigenvalue weighted by Crippen LogP contribution is 2.39. The van der Waals surface area contributed by atoms with Crippen LogP contribution in [0.5, 0.6) is 11.5 Å². The van der Waals surface area contributed by atoms with Gasteiger partial charge in [0.15, 0.2) is 0 Å². The summed E-state index contributed by atoms with van der Waals surface area (Å²) in [6, 6.07) is 14.3. The van der Waals surface area contributed by atoms with Crippen molar-refractivity contribution in [1.82, 2.24) is 4.90 Å². The number of nitrogens with zero attached hydrogens (tertiary/aromatic N) is 1. The van der Waals surface area contributed by atoms with Crippen molar-refractivity contribution in [3.05, 3.63) is 88.7 Å². The predicted octanol–water partition coefficient (Wildman–Crippen LogP) is 6.69. The summed E-state index contributed by atoms with van der Waals surface area (Å²) in [6.45, 7) is 2.12. The first kappa shape index (κ1) is 28.4. The van der Waals surface area contributed by atoms with Gasteiger partial charge in [-0.1, -0.05) is 30.3 Å². The minimum atomic E-state index is -4.67. The van der Waals surface area contributed by atoms with Crippen LogP contribution in [0.1, 0.15) is 23.1 Å². The molecule has 1 N–H and O–H groups in total. The standard InChI is InChI=1S/C29H25F4NO4.ClH/c30-26-4-2-1-3-24(26)23-8-5-18(12-25(23)29(31,32)33)16-37-22-7-6-20-11-19(17-38-27(20)13-22)14-34-10-9-21(15-34)28(35)36;/h1-8,11-13,21H,9-10,14-17H2,(H,35,36);1H. The van der Waals surface area contributed by atoms with E-state index >= 15 is 0 Å². The SMILES string of the molecule is Cl.O=C(O)C1CCN(CC2=Cc3ccc(OCc4ccc(-c5ccccc5F)c(C(F)(F)F)c4)cc3OC2)C1. The van der Waals surface area contributed by atoms with Gasteiger partial charge in [-0.2, -0.15) is 13.2 Å². The molecule has 1 atom stereocenters. The molecule has 0 bridgehead atoms. The monoisotopic (exact) mass is 563 g/mol. The van der Waals surface area contributed by atoms with Crippen LogP contribution in [0.3, 0.4) is 0 Å². The smallest absolute Gasteiger partial charge is 0.417 e.